The van der Waals surface area contributed by atoms with Gasteiger partial charge in [-0.05, 0) is 43.3 Å². The van der Waals surface area contributed by atoms with Gasteiger partial charge in [-0.2, -0.15) is 0 Å². The van der Waals surface area contributed by atoms with Gasteiger partial charge in [0.05, 0.1) is 18.6 Å². The molecule has 0 aliphatic carbocycles. The molecule has 0 unspecified atom stereocenters. The van der Waals surface area contributed by atoms with E-state index in [0.29, 0.717) is 22.2 Å². The largest absolute Gasteiger partial charge is 0.497 e. The number of hydrogen-bond donors (Lipinski definition) is 2. The monoisotopic (exact) mass is 427 g/mol. The van der Waals surface area contributed by atoms with E-state index in [4.69, 9.17) is 4.74 Å². The molecule has 0 aliphatic rings. The number of anilines is 2. The van der Waals surface area contributed by atoms with Crippen molar-refractivity contribution < 1.29 is 14.3 Å². The van der Waals surface area contributed by atoms with Gasteiger partial charge < -0.3 is 10.1 Å². The molecule has 0 saturated heterocycles. The summed E-state index contributed by atoms with van der Waals surface area (Å²) in [4.78, 5) is 28.7. The third-order valence-electron chi connectivity index (χ3n) is 3.94. The van der Waals surface area contributed by atoms with Crippen molar-refractivity contribution in [1.29, 1.82) is 0 Å². The van der Waals surface area contributed by atoms with Crippen LogP contribution in [0.25, 0.3) is 0 Å². The van der Waals surface area contributed by atoms with Crippen molar-refractivity contribution in [3.05, 3.63) is 70.7 Å². The molecule has 8 heteroatoms. The van der Waals surface area contributed by atoms with Crippen LogP contribution < -0.4 is 15.4 Å². The number of carbonyl (C=O) groups is 2. The maximum Gasteiger partial charge on any atom is 0.257 e. The molecule has 2 aromatic carbocycles. The molecule has 0 radical (unpaired) electrons. The fraction of sp³-hybridized carbons (Fsp3) is 0.190. The van der Waals surface area contributed by atoms with E-state index in [-0.39, 0.29) is 11.8 Å². The van der Waals surface area contributed by atoms with Gasteiger partial charge in [0.1, 0.15) is 5.75 Å². The van der Waals surface area contributed by atoms with Gasteiger partial charge in [0, 0.05) is 22.4 Å². The molecule has 0 aliphatic heterocycles. The molecule has 0 atom stereocenters. The van der Waals surface area contributed by atoms with Crippen LogP contribution in [0.4, 0.5) is 10.8 Å². The molecular weight excluding hydrogens is 406 g/mol. The lowest BCUT2D eigenvalue weighted by Gasteiger charge is -2.06. The molecule has 0 fully saturated rings. The lowest BCUT2D eigenvalue weighted by molar-refractivity contribution is -0.113. The van der Waals surface area contributed by atoms with Crippen LogP contribution in [0.2, 0.25) is 0 Å². The number of hydrogen-bond acceptors (Lipinski definition) is 6. The highest BCUT2D eigenvalue weighted by atomic mass is 32.2. The number of rotatable bonds is 8. The van der Waals surface area contributed by atoms with Crippen molar-refractivity contribution in [2.75, 3.05) is 23.5 Å². The Morgan fingerprint density at radius 1 is 1.07 bits per heavy atom. The molecule has 2 amide bonds. The summed E-state index contributed by atoms with van der Waals surface area (Å²) in [5.74, 6) is 1.38. The average molecular weight is 428 g/mol. The first kappa shape index (κ1) is 20.9. The number of benzene rings is 2. The minimum atomic E-state index is -0.183. The molecule has 0 spiro atoms. The first-order valence-electron chi connectivity index (χ1n) is 8.87. The van der Waals surface area contributed by atoms with Gasteiger partial charge in [-0.25, -0.2) is 4.98 Å². The highest BCUT2D eigenvalue weighted by molar-refractivity contribution is 7.99. The van der Waals surface area contributed by atoms with E-state index < -0.39 is 0 Å². The van der Waals surface area contributed by atoms with Gasteiger partial charge in [0.25, 0.3) is 5.91 Å². The second-order valence-electron chi connectivity index (χ2n) is 6.23. The molecule has 6 nitrogen and oxygen atoms in total. The fourth-order valence-corrected chi connectivity index (χ4v) is 3.95. The van der Waals surface area contributed by atoms with Crippen LogP contribution in [0, 0.1) is 6.92 Å². The van der Waals surface area contributed by atoms with Crippen LogP contribution >= 0.6 is 23.1 Å². The summed E-state index contributed by atoms with van der Waals surface area (Å²) in [6.45, 7) is 1.98. The Labute approximate surface area is 177 Å². The minimum absolute atomic E-state index is 0.0803. The van der Waals surface area contributed by atoms with Gasteiger partial charge in [-0.1, -0.05) is 17.7 Å². The molecule has 150 valence electrons. The van der Waals surface area contributed by atoms with Gasteiger partial charge in [-0.3, -0.25) is 14.9 Å². The first-order chi connectivity index (χ1) is 14.0. The van der Waals surface area contributed by atoms with Crippen LogP contribution in [0.15, 0.2) is 53.9 Å². The summed E-state index contributed by atoms with van der Waals surface area (Å²) in [5.41, 5.74) is 3.26. The van der Waals surface area contributed by atoms with Gasteiger partial charge in [-0.15, -0.1) is 23.1 Å². The predicted molar refractivity (Wildman–Crippen MR) is 119 cm³/mol. The van der Waals surface area contributed by atoms with E-state index >= 15 is 0 Å². The number of carbonyl (C=O) groups excluding carboxylic acids is 2. The number of methoxy groups -OCH3 is 1. The zero-order chi connectivity index (χ0) is 20.6. The SMILES string of the molecule is COc1ccc(NC(=O)CSCc2csc(NC(=O)c3ccc(C)cc3)n2)cc1. The van der Waals surface area contributed by atoms with Crippen molar-refractivity contribution in [3.8, 4) is 5.75 Å². The Bertz CT molecular complexity index is 970. The lowest BCUT2D eigenvalue weighted by Crippen LogP contribution is -2.14. The van der Waals surface area contributed by atoms with Crippen LogP contribution in [0.5, 0.6) is 5.75 Å². The van der Waals surface area contributed by atoms with Gasteiger partial charge >= 0.3 is 0 Å². The van der Waals surface area contributed by atoms with E-state index in [1.54, 1.807) is 43.5 Å². The lowest BCUT2D eigenvalue weighted by atomic mass is 10.1. The first-order valence-corrected chi connectivity index (χ1v) is 10.9. The van der Waals surface area contributed by atoms with Gasteiger partial charge in [0.2, 0.25) is 5.91 Å². The zero-order valence-electron chi connectivity index (χ0n) is 16.1. The number of amides is 2. The molecule has 1 aromatic heterocycles. The number of aryl methyl sites for hydroxylation is 1. The second kappa shape index (κ2) is 10.1. The topological polar surface area (TPSA) is 80.3 Å². The maximum atomic E-state index is 12.2. The zero-order valence-corrected chi connectivity index (χ0v) is 17.7. The van der Waals surface area contributed by atoms with Crippen LogP contribution in [0.1, 0.15) is 21.6 Å². The maximum absolute atomic E-state index is 12.2. The third-order valence-corrected chi connectivity index (χ3v) is 5.72. The third kappa shape index (κ3) is 6.33. The molecule has 3 aromatic rings. The van der Waals surface area contributed by atoms with E-state index in [9.17, 15) is 9.59 Å². The van der Waals surface area contributed by atoms with Crippen molar-refractivity contribution in [3.63, 3.8) is 0 Å². The molecule has 1 heterocycles. The Balaban J connectivity index is 1.43. The molecular formula is C21H21N3O3S2. The summed E-state index contributed by atoms with van der Waals surface area (Å²) in [5, 5.41) is 8.09. The molecule has 3 rings (SSSR count). The molecule has 2 N–H and O–H groups in total. The Kier molecular flexibility index (Phi) is 7.26. The van der Waals surface area contributed by atoms with E-state index in [0.717, 1.165) is 22.7 Å². The number of thioether (sulfide) groups is 1. The highest BCUT2D eigenvalue weighted by Crippen LogP contribution is 2.21. The summed E-state index contributed by atoms with van der Waals surface area (Å²) >= 11 is 2.84. The van der Waals surface area contributed by atoms with Crippen LogP contribution in [-0.2, 0) is 10.5 Å². The molecule has 29 heavy (non-hydrogen) atoms. The normalized spacial score (nSPS) is 10.4. The van der Waals surface area contributed by atoms with Crippen molar-refractivity contribution in [2.45, 2.75) is 12.7 Å². The Morgan fingerprint density at radius 3 is 2.48 bits per heavy atom. The Morgan fingerprint density at radius 2 is 1.79 bits per heavy atom. The standard InChI is InChI=1S/C21H21N3O3S2/c1-14-3-5-15(6-4-14)20(26)24-21-23-17(12-29-21)11-28-13-19(25)22-16-7-9-18(27-2)10-8-16/h3-10,12H,11,13H2,1-2H3,(H,22,25)(H,23,24,26). The summed E-state index contributed by atoms with van der Waals surface area (Å²) < 4.78 is 5.09. The van der Waals surface area contributed by atoms with Crippen molar-refractivity contribution >= 4 is 45.7 Å². The van der Waals surface area contributed by atoms with Crippen molar-refractivity contribution in [1.82, 2.24) is 4.98 Å². The number of aromatic nitrogens is 1. The van der Waals surface area contributed by atoms with Crippen LogP contribution in [-0.4, -0.2) is 29.7 Å². The van der Waals surface area contributed by atoms with E-state index in [1.165, 1.54) is 23.1 Å². The average Bonchev–Trinajstić information content (AvgIpc) is 3.16. The Hall–Kier alpha value is -2.84. The minimum Gasteiger partial charge on any atom is -0.497 e. The second-order valence-corrected chi connectivity index (χ2v) is 8.08. The number of ether oxygens (including phenoxy) is 1. The molecule has 0 bridgehead atoms. The number of nitrogens with one attached hydrogen (secondary N) is 2. The van der Waals surface area contributed by atoms with E-state index in [2.05, 4.69) is 15.6 Å². The smallest absolute Gasteiger partial charge is 0.257 e. The quantitative estimate of drug-likeness (QED) is 0.550. The summed E-state index contributed by atoms with van der Waals surface area (Å²) in [6, 6.07) is 14.6. The van der Waals surface area contributed by atoms with Gasteiger partial charge in [0.15, 0.2) is 5.13 Å². The summed E-state index contributed by atoms with van der Waals surface area (Å²) in [6.07, 6.45) is 0. The van der Waals surface area contributed by atoms with Crippen molar-refractivity contribution in [2.24, 2.45) is 0 Å². The molecule has 0 saturated carbocycles. The number of thiazole rings is 1. The van der Waals surface area contributed by atoms with Crippen LogP contribution in [0.3, 0.4) is 0 Å². The summed E-state index contributed by atoms with van der Waals surface area (Å²) in [7, 11) is 1.60. The van der Waals surface area contributed by atoms with E-state index in [1.807, 2.05) is 24.4 Å². The predicted octanol–water partition coefficient (Wildman–Crippen LogP) is 4.58. The number of nitrogens with zero attached hydrogens (tertiary/aromatic N) is 1. The highest BCUT2D eigenvalue weighted by Gasteiger charge is 2.10. The fourth-order valence-electron chi connectivity index (χ4n) is 2.42.